The molecule has 0 spiro atoms. The lowest BCUT2D eigenvalue weighted by molar-refractivity contribution is 0.992. The second-order valence-electron chi connectivity index (χ2n) is 2.60. The van der Waals surface area contributed by atoms with Crippen LogP contribution in [-0.4, -0.2) is 15.7 Å². The topological polar surface area (TPSA) is 38.1 Å². The molecule has 1 aliphatic heterocycles. The van der Waals surface area contributed by atoms with Gasteiger partial charge >= 0.3 is 0 Å². The first-order valence-corrected chi connectivity index (χ1v) is 4.23. The molecule has 0 aliphatic carbocycles. The van der Waals surface area contributed by atoms with E-state index in [1.807, 2.05) is 0 Å². The molecule has 0 radical (unpaired) electrons. The quantitative estimate of drug-likeness (QED) is 0.620. The number of halogens is 1. The van der Waals surface area contributed by atoms with Gasteiger partial charge in [0.1, 0.15) is 11.5 Å². The molecule has 1 aliphatic rings. The van der Waals surface area contributed by atoms with Crippen molar-refractivity contribution in [2.75, 3.05) is 0 Å². The number of aliphatic imine (C=N–C) groups is 1. The smallest absolute Gasteiger partial charge is 0.141 e. The van der Waals surface area contributed by atoms with E-state index in [4.69, 9.17) is 11.6 Å². The molecule has 1 aromatic heterocycles. The van der Waals surface area contributed by atoms with E-state index in [1.54, 1.807) is 0 Å². The van der Waals surface area contributed by atoms with Gasteiger partial charge in [-0.25, -0.2) is 9.97 Å². The third kappa shape index (κ3) is 1.01. The highest BCUT2D eigenvalue weighted by molar-refractivity contribution is 6.33. The van der Waals surface area contributed by atoms with E-state index in [2.05, 4.69) is 21.9 Å². The average molecular weight is 182 g/mol. The third-order valence-corrected chi connectivity index (χ3v) is 2.21. The fourth-order valence-electron chi connectivity index (χ4n) is 1.34. The van der Waals surface area contributed by atoms with E-state index in [0.29, 0.717) is 11.7 Å². The largest absolute Gasteiger partial charge is 0.283 e. The lowest BCUT2D eigenvalue weighted by Gasteiger charge is -2.00. The van der Waals surface area contributed by atoms with Crippen LogP contribution in [0.1, 0.15) is 24.6 Å². The SMILES string of the molecule is CCC1=NCc2ncnc(Cl)c21. The van der Waals surface area contributed by atoms with Crippen molar-refractivity contribution in [1.82, 2.24) is 9.97 Å². The number of aromatic nitrogens is 2. The summed E-state index contributed by atoms with van der Waals surface area (Å²) in [7, 11) is 0. The zero-order valence-electron chi connectivity index (χ0n) is 6.71. The normalized spacial score (nSPS) is 14.3. The van der Waals surface area contributed by atoms with E-state index < -0.39 is 0 Å². The second-order valence-corrected chi connectivity index (χ2v) is 2.96. The van der Waals surface area contributed by atoms with Gasteiger partial charge in [0.2, 0.25) is 0 Å². The molecular weight excluding hydrogens is 174 g/mol. The Hall–Kier alpha value is -0.960. The summed E-state index contributed by atoms with van der Waals surface area (Å²) >= 11 is 5.91. The fourth-order valence-corrected chi connectivity index (χ4v) is 1.60. The predicted octanol–water partition coefficient (Wildman–Crippen LogP) is 1.84. The molecule has 0 amide bonds. The number of hydrogen-bond acceptors (Lipinski definition) is 3. The molecule has 0 bridgehead atoms. The van der Waals surface area contributed by atoms with Crippen LogP contribution in [0.25, 0.3) is 0 Å². The zero-order chi connectivity index (χ0) is 8.55. The Bertz CT molecular complexity index is 346. The van der Waals surface area contributed by atoms with E-state index in [1.165, 1.54) is 6.33 Å². The second kappa shape index (κ2) is 2.83. The standard InChI is InChI=1S/C8H8ClN3/c1-2-5-7-6(3-10-5)11-4-12-8(7)9/h4H,2-3H2,1H3. The van der Waals surface area contributed by atoms with E-state index in [0.717, 1.165) is 23.4 Å². The van der Waals surface area contributed by atoms with Gasteiger partial charge in [-0.2, -0.15) is 0 Å². The van der Waals surface area contributed by atoms with E-state index in [-0.39, 0.29) is 0 Å². The molecular formula is C8H8ClN3. The highest BCUT2D eigenvalue weighted by Gasteiger charge is 2.18. The van der Waals surface area contributed by atoms with Crippen molar-refractivity contribution in [3.05, 3.63) is 22.7 Å². The van der Waals surface area contributed by atoms with Crippen LogP contribution in [-0.2, 0) is 6.54 Å². The van der Waals surface area contributed by atoms with Gasteiger partial charge in [-0.3, -0.25) is 4.99 Å². The van der Waals surface area contributed by atoms with Crippen LogP contribution < -0.4 is 0 Å². The highest BCUT2D eigenvalue weighted by atomic mass is 35.5. The summed E-state index contributed by atoms with van der Waals surface area (Å²) in [5.41, 5.74) is 2.92. The van der Waals surface area contributed by atoms with Gasteiger partial charge in [-0.15, -0.1) is 0 Å². The molecule has 3 nitrogen and oxygen atoms in total. The minimum atomic E-state index is 0.526. The lowest BCUT2D eigenvalue weighted by Crippen LogP contribution is -2.00. The summed E-state index contributed by atoms with van der Waals surface area (Å²) in [5.74, 6) is 0. The Kier molecular flexibility index (Phi) is 1.81. The Labute approximate surface area is 75.5 Å². The molecule has 0 atom stereocenters. The summed E-state index contributed by atoms with van der Waals surface area (Å²) in [5, 5.41) is 0.526. The Balaban J connectivity index is 2.57. The molecule has 0 fully saturated rings. The number of rotatable bonds is 1. The molecule has 2 heterocycles. The maximum absolute atomic E-state index is 5.91. The minimum Gasteiger partial charge on any atom is -0.283 e. The predicted molar refractivity (Wildman–Crippen MR) is 47.6 cm³/mol. The molecule has 4 heteroatoms. The van der Waals surface area contributed by atoms with Crippen LogP contribution in [0, 0.1) is 0 Å². The van der Waals surface area contributed by atoms with E-state index in [9.17, 15) is 0 Å². The van der Waals surface area contributed by atoms with Gasteiger partial charge in [0.15, 0.2) is 0 Å². The average Bonchev–Trinajstić information content (AvgIpc) is 2.49. The van der Waals surface area contributed by atoms with Crippen molar-refractivity contribution >= 4 is 17.3 Å². The molecule has 1 aromatic rings. The van der Waals surface area contributed by atoms with Gasteiger partial charge in [0, 0.05) is 5.71 Å². The monoisotopic (exact) mass is 181 g/mol. The number of nitrogens with zero attached hydrogens (tertiary/aromatic N) is 3. The maximum Gasteiger partial charge on any atom is 0.141 e. The number of hydrogen-bond donors (Lipinski definition) is 0. The van der Waals surface area contributed by atoms with Crippen molar-refractivity contribution in [1.29, 1.82) is 0 Å². The van der Waals surface area contributed by atoms with Crippen molar-refractivity contribution < 1.29 is 0 Å². The Morgan fingerprint density at radius 3 is 3.08 bits per heavy atom. The summed E-state index contributed by atoms with van der Waals surface area (Å²) in [6, 6.07) is 0. The van der Waals surface area contributed by atoms with Crippen molar-refractivity contribution in [2.45, 2.75) is 19.9 Å². The van der Waals surface area contributed by atoms with Crippen LogP contribution >= 0.6 is 11.6 Å². The first kappa shape index (κ1) is 7.68. The first-order chi connectivity index (χ1) is 5.83. The lowest BCUT2D eigenvalue weighted by atomic mass is 10.1. The molecule has 0 N–H and O–H groups in total. The van der Waals surface area contributed by atoms with Gasteiger partial charge in [-0.05, 0) is 6.42 Å². The number of fused-ring (bicyclic) bond motifs is 1. The maximum atomic E-state index is 5.91. The molecule has 0 unspecified atom stereocenters. The molecule has 0 saturated carbocycles. The first-order valence-electron chi connectivity index (χ1n) is 3.86. The molecule has 0 aromatic carbocycles. The summed E-state index contributed by atoms with van der Waals surface area (Å²) in [6.07, 6.45) is 2.37. The Morgan fingerprint density at radius 2 is 2.33 bits per heavy atom. The summed E-state index contributed by atoms with van der Waals surface area (Å²) in [4.78, 5) is 12.3. The summed E-state index contributed by atoms with van der Waals surface area (Å²) in [6.45, 7) is 2.71. The van der Waals surface area contributed by atoms with Crippen molar-refractivity contribution in [2.24, 2.45) is 4.99 Å². The summed E-state index contributed by atoms with van der Waals surface area (Å²) < 4.78 is 0. The van der Waals surface area contributed by atoms with Crippen LogP contribution in [0.2, 0.25) is 5.15 Å². The van der Waals surface area contributed by atoms with E-state index >= 15 is 0 Å². The molecule has 12 heavy (non-hydrogen) atoms. The van der Waals surface area contributed by atoms with Crippen LogP contribution in [0.4, 0.5) is 0 Å². The molecule has 62 valence electrons. The molecule has 2 rings (SSSR count). The van der Waals surface area contributed by atoms with Crippen LogP contribution in [0.5, 0.6) is 0 Å². The molecule has 0 saturated heterocycles. The highest BCUT2D eigenvalue weighted by Crippen LogP contribution is 2.23. The van der Waals surface area contributed by atoms with Crippen molar-refractivity contribution in [3.63, 3.8) is 0 Å². The van der Waals surface area contributed by atoms with Gasteiger partial charge in [-0.1, -0.05) is 18.5 Å². The van der Waals surface area contributed by atoms with Crippen LogP contribution in [0.15, 0.2) is 11.3 Å². The third-order valence-electron chi connectivity index (χ3n) is 1.92. The Morgan fingerprint density at radius 1 is 1.50 bits per heavy atom. The fraction of sp³-hybridized carbons (Fsp3) is 0.375. The zero-order valence-corrected chi connectivity index (χ0v) is 7.47. The van der Waals surface area contributed by atoms with Gasteiger partial charge < -0.3 is 0 Å². The van der Waals surface area contributed by atoms with Gasteiger partial charge in [0.05, 0.1) is 17.8 Å². The van der Waals surface area contributed by atoms with Crippen molar-refractivity contribution in [3.8, 4) is 0 Å². The minimum absolute atomic E-state index is 0.526. The van der Waals surface area contributed by atoms with Crippen LogP contribution in [0.3, 0.4) is 0 Å². The van der Waals surface area contributed by atoms with Gasteiger partial charge in [0.25, 0.3) is 0 Å².